The van der Waals surface area contributed by atoms with Crippen molar-refractivity contribution in [2.75, 3.05) is 21.3 Å². The Morgan fingerprint density at radius 2 is 1.68 bits per heavy atom. The lowest BCUT2D eigenvalue weighted by molar-refractivity contribution is 0.0560. The molecule has 136 valence electrons. The first-order valence-corrected chi connectivity index (χ1v) is 8.09. The molecule has 0 atom stereocenters. The summed E-state index contributed by atoms with van der Waals surface area (Å²) >= 11 is 0. The molecule has 1 aromatic carbocycles. The minimum absolute atomic E-state index is 0.212. The number of esters is 1. The van der Waals surface area contributed by atoms with E-state index in [2.05, 4.69) is 23.5 Å². The van der Waals surface area contributed by atoms with E-state index in [0.717, 1.165) is 17.1 Å². The maximum absolute atomic E-state index is 11.5. The molecule has 0 aliphatic carbocycles. The van der Waals surface area contributed by atoms with Gasteiger partial charge in [0, 0.05) is 18.7 Å². The summed E-state index contributed by atoms with van der Waals surface area (Å²) in [6.07, 6.45) is 0. The Hall–Kier alpha value is -2.47. The first kappa shape index (κ1) is 18.9. The molecule has 0 saturated carbocycles. The van der Waals surface area contributed by atoms with Gasteiger partial charge in [0.2, 0.25) is 5.76 Å². The van der Waals surface area contributed by atoms with Crippen LogP contribution in [0.25, 0.3) is 0 Å². The van der Waals surface area contributed by atoms with Gasteiger partial charge in [-0.3, -0.25) is 4.90 Å². The van der Waals surface area contributed by atoms with Crippen molar-refractivity contribution in [3.05, 3.63) is 47.4 Å². The molecule has 0 saturated heterocycles. The zero-order chi connectivity index (χ0) is 18.4. The molecule has 0 N–H and O–H groups in total. The lowest BCUT2D eigenvalue weighted by atomic mass is 10.1. The SMILES string of the molecule is COC(=O)c1ccc(CN(Cc2cc(OC)cc(OC)c2)C(C)C)o1. The van der Waals surface area contributed by atoms with E-state index < -0.39 is 5.97 Å². The molecule has 0 fully saturated rings. The second-order valence-corrected chi connectivity index (χ2v) is 5.98. The predicted molar refractivity (Wildman–Crippen MR) is 94.0 cm³/mol. The Labute approximate surface area is 148 Å². The average Bonchev–Trinajstić information content (AvgIpc) is 3.08. The molecule has 1 heterocycles. The van der Waals surface area contributed by atoms with Gasteiger partial charge in [0.1, 0.15) is 17.3 Å². The van der Waals surface area contributed by atoms with Crippen molar-refractivity contribution in [1.82, 2.24) is 4.90 Å². The van der Waals surface area contributed by atoms with Crippen molar-refractivity contribution < 1.29 is 23.4 Å². The Morgan fingerprint density at radius 1 is 1.04 bits per heavy atom. The van der Waals surface area contributed by atoms with Crippen LogP contribution < -0.4 is 9.47 Å². The number of carbonyl (C=O) groups excluding carboxylic acids is 1. The number of hydrogen-bond donors (Lipinski definition) is 0. The second kappa shape index (κ2) is 8.58. The van der Waals surface area contributed by atoms with E-state index in [-0.39, 0.29) is 11.8 Å². The third-order valence-electron chi connectivity index (χ3n) is 3.93. The number of furan rings is 1. The van der Waals surface area contributed by atoms with Gasteiger partial charge < -0.3 is 18.6 Å². The Balaban J connectivity index is 2.16. The summed E-state index contributed by atoms with van der Waals surface area (Å²) in [6.45, 7) is 5.50. The molecule has 25 heavy (non-hydrogen) atoms. The van der Waals surface area contributed by atoms with Crippen molar-refractivity contribution >= 4 is 5.97 Å². The van der Waals surface area contributed by atoms with E-state index in [1.54, 1.807) is 26.4 Å². The maximum atomic E-state index is 11.5. The van der Waals surface area contributed by atoms with Crippen LogP contribution in [0.1, 0.15) is 35.7 Å². The standard InChI is InChI=1S/C19H25NO5/c1-13(2)20(12-15-6-7-18(25-15)19(21)24-5)11-14-8-16(22-3)10-17(9-14)23-4/h6-10,13H,11-12H2,1-5H3. The molecule has 2 aromatic rings. The number of methoxy groups -OCH3 is 3. The number of benzene rings is 1. The quantitative estimate of drug-likeness (QED) is 0.681. The van der Waals surface area contributed by atoms with E-state index in [0.29, 0.717) is 18.8 Å². The van der Waals surface area contributed by atoms with Crippen LogP contribution in [0.5, 0.6) is 11.5 Å². The average molecular weight is 347 g/mol. The van der Waals surface area contributed by atoms with Gasteiger partial charge in [-0.1, -0.05) is 0 Å². The van der Waals surface area contributed by atoms with Gasteiger partial charge in [-0.2, -0.15) is 0 Å². The predicted octanol–water partition coefficient (Wildman–Crippen LogP) is 3.49. The van der Waals surface area contributed by atoms with Crippen LogP contribution >= 0.6 is 0 Å². The van der Waals surface area contributed by atoms with Gasteiger partial charge in [0.25, 0.3) is 0 Å². The molecular weight excluding hydrogens is 322 g/mol. The van der Waals surface area contributed by atoms with Crippen LogP contribution in [0, 0.1) is 0 Å². The van der Waals surface area contributed by atoms with Crippen LogP contribution in [0.15, 0.2) is 34.7 Å². The van der Waals surface area contributed by atoms with Gasteiger partial charge in [0.15, 0.2) is 0 Å². The number of hydrogen-bond acceptors (Lipinski definition) is 6. The maximum Gasteiger partial charge on any atom is 0.373 e. The monoisotopic (exact) mass is 347 g/mol. The zero-order valence-electron chi connectivity index (χ0n) is 15.4. The minimum atomic E-state index is -0.472. The molecule has 1 aromatic heterocycles. The van der Waals surface area contributed by atoms with Crippen LogP contribution in [0.2, 0.25) is 0 Å². The Bertz CT molecular complexity index is 685. The lowest BCUT2D eigenvalue weighted by Crippen LogP contribution is -2.29. The van der Waals surface area contributed by atoms with Gasteiger partial charge in [-0.15, -0.1) is 0 Å². The molecule has 0 aliphatic rings. The van der Waals surface area contributed by atoms with Crippen molar-refractivity contribution in [2.45, 2.75) is 33.0 Å². The highest BCUT2D eigenvalue weighted by Crippen LogP contribution is 2.24. The summed E-state index contributed by atoms with van der Waals surface area (Å²) in [5, 5.41) is 0. The summed E-state index contributed by atoms with van der Waals surface area (Å²) in [4.78, 5) is 13.8. The van der Waals surface area contributed by atoms with Crippen molar-refractivity contribution in [1.29, 1.82) is 0 Å². The fraction of sp³-hybridized carbons (Fsp3) is 0.421. The normalized spacial score (nSPS) is 11.0. The number of ether oxygens (including phenoxy) is 3. The molecule has 0 amide bonds. The van der Waals surface area contributed by atoms with Gasteiger partial charge in [-0.05, 0) is 43.7 Å². The minimum Gasteiger partial charge on any atom is -0.497 e. The van der Waals surface area contributed by atoms with Crippen molar-refractivity contribution in [3.8, 4) is 11.5 Å². The smallest absolute Gasteiger partial charge is 0.373 e. The van der Waals surface area contributed by atoms with E-state index in [1.807, 2.05) is 18.2 Å². The van der Waals surface area contributed by atoms with Crippen LogP contribution in [-0.4, -0.2) is 38.2 Å². The number of carbonyl (C=O) groups is 1. The zero-order valence-corrected chi connectivity index (χ0v) is 15.4. The number of rotatable bonds is 8. The van der Waals surface area contributed by atoms with Gasteiger partial charge in [0.05, 0.1) is 27.9 Å². The second-order valence-electron chi connectivity index (χ2n) is 5.98. The largest absolute Gasteiger partial charge is 0.497 e. The van der Waals surface area contributed by atoms with Crippen LogP contribution in [-0.2, 0) is 17.8 Å². The first-order valence-electron chi connectivity index (χ1n) is 8.09. The molecule has 0 aliphatic heterocycles. The summed E-state index contributed by atoms with van der Waals surface area (Å²) in [6, 6.07) is 9.53. The summed E-state index contributed by atoms with van der Waals surface area (Å²) in [7, 11) is 4.60. The van der Waals surface area contributed by atoms with E-state index >= 15 is 0 Å². The summed E-state index contributed by atoms with van der Waals surface area (Å²) in [5.74, 6) is 1.96. The molecule has 0 spiro atoms. The molecule has 6 nitrogen and oxygen atoms in total. The Kier molecular flexibility index (Phi) is 6.47. The molecule has 2 rings (SSSR count). The highest BCUT2D eigenvalue weighted by atomic mass is 16.5. The van der Waals surface area contributed by atoms with E-state index in [1.165, 1.54) is 7.11 Å². The van der Waals surface area contributed by atoms with Gasteiger partial charge in [-0.25, -0.2) is 4.79 Å². The summed E-state index contributed by atoms with van der Waals surface area (Å²) in [5.41, 5.74) is 1.07. The van der Waals surface area contributed by atoms with E-state index in [4.69, 9.17) is 13.9 Å². The topological polar surface area (TPSA) is 61.1 Å². The van der Waals surface area contributed by atoms with E-state index in [9.17, 15) is 4.79 Å². The summed E-state index contributed by atoms with van der Waals surface area (Å²) < 4.78 is 20.9. The van der Waals surface area contributed by atoms with Gasteiger partial charge >= 0.3 is 5.97 Å². The Morgan fingerprint density at radius 3 is 2.20 bits per heavy atom. The molecule has 0 bridgehead atoms. The number of nitrogens with zero attached hydrogens (tertiary/aromatic N) is 1. The molecule has 0 unspecified atom stereocenters. The fourth-order valence-corrected chi connectivity index (χ4v) is 2.49. The molecule has 0 radical (unpaired) electrons. The molecule has 6 heteroatoms. The van der Waals surface area contributed by atoms with Crippen LogP contribution in [0.3, 0.4) is 0 Å². The first-order chi connectivity index (χ1) is 12.0. The third kappa shape index (κ3) is 5.00. The highest BCUT2D eigenvalue weighted by Gasteiger charge is 2.17. The van der Waals surface area contributed by atoms with Crippen LogP contribution in [0.4, 0.5) is 0 Å². The lowest BCUT2D eigenvalue weighted by Gasteiger charge is -2.26. The van der Waals surface area contributed by atoms with Crippen molar-refractivity contribution in [3.63, 3.8) is 0 Å². The fourth-order valence-electron chi connectivity index (χ4n) is 2.49. The highest BCUT2D eigenvalue weighted by molar-refractivity contribution is 5.86. The third-order valence-corrected chi connectivity index (χ3v) is 3.93. The molecular formula is C19H25NO5. The van der Waals surface area contributed by atoms with Crippen molar-refractivity contribution in [2.24, 2.45) is 0 Å².